The molecular weight excluding hydrogens is 306 g/mol. The van der Waals surface area contributed by atoms with Gasteiger partial charge in [0.15, 0.2) is 5.78 Å². The maximum absolute atomic E-state index is 12.3. The molecule has 0 atom stereocenters. The summed E-state index contributed by atoms with van der Waals surface area (Å²) in [6.07, 6.45) is 0. The second kappa shape index (κ2) is 5.14. The van der Waals surface area contributed by atoms with Crippen LogP contribution in [0.1, 0.15) is 20.8 Å². The van der Waals surface area contributed by atoms with Crippen molar-refractivity contribution in [2.75, 3.05) is 0 Å². The monoisotopic (exact) mass is 323 g/mol. The molecule has 0 radical (unpaired) electrons. The molecule has 0 fully saturated rings. The summed E-state index contributed by atoms with van der Waals surface area (Å²) in [7, 11) is 2.63. The summed E-state index contributed by atoms with van der Waals surface area (Å²) in [6.45, 7) is 4.69. The van der Waals surface area contributed by atoms with Crippen molar-refractivity contribution in [3.8, 4) is 0 Å². The van der Waals surface area contributed by atoms with Crippen LogP contribution in [-0.4, -0.2) is 29.4 Å². The Hall–Kier alpha value is -2.78. The van der Waals surface area contributed by atoms with Gasteiger partial charge >= 0.3 is 17.2 Å². The Morgan fingerprint density at radius 3 is 2.26 bits per heavy atom. The molecule has 0 aliphatic rings. The number of nitrogens with zero attached hydrogens (tertiary/aromatic N) is 5. The van der Waals surface area contributed by atoms with Gasteiger partial charge in [-0.15, -0.1) is 0 Å². The third-order valence-electron chi connectivity index (χ3n) is 3.62. The van der Waals surface area contributed by atoms with E-state index in [1.807, 2.05) is 0 Å². The van der Waals surface area contributed by atoms with E-state index < -0.39 is 27.5 Å². The number of imidazole rings is 1. The van der Waals surface area contributed by atoms with Gasteiger partial charge in [-0.25, -0.2) is 4.79 Å². The molecule has 0 bridgehead atoms. The van der Waals surface area contributed by atoms with Crippen LogP contribution in [0.2, 0.25) is 0 Å². The third-order valence-corrected chi connectivity index (χ3v) is 3.62. The average Bonchev–Trinajstić information content (AvgIpc) is 2.81. The lowest BCUT2D eigenvalue weighted by molar-refractivity contribution is -0.396. The molecule has 0 saturated heterocycles. The molecule has 2 aromatic heterocycles. The summed E-state index contributed by atoms with van der Waals surface area (Å²) in [6, 6.07) is 0. The van der Waals surface area contributed by atoms with Crippen LogP contribution >= 0.6 is 0 Å². The molecule has 0 unspecified atom stereocenters. The van der Waals surface area contributed by atoms with E-state index in [-0.39, 0.29) is 23.5 Å². The van der Waals surface area contributed by atoms with Gasteiger partial charge in [-0.3, -0.25) is 18.7 Å². The molecule has 10 nitrogen and oxygen atoms in total. The van der Waals surface area contributed by atoms with Crippen LogP contribution in [0.15, 0.2) is 9.59 Å². The predicted molar refractivity (Wildman–Crippen MR) is 81.3 cm³/mol. The van der Waals surface area contributed by atoms with Crippen molar-refractivity contribution in [3.05, 3.63) is 31.0 Å². The third kappa shape index (κ3) is 2.56. The van der Waals surface area contributed by atoms with Crippen molar-refractivity contribution in [3.63, 3.8) is 0 Å². The van der Waals surface area contributed by atoms with Crippen LogP contribution in [0, 0.1) is 15.5 Å². The largest absolute Gasteiger partial charge is 0.437 e. The van der Waals surface area contributed by atoms with Gasteiger partial charge in [0.1, 0.15) is 6.54 Å². The van der Waals surface area contributed by atoms with Crippen LogP contribution < -0.4 is 11.2 Å². The summed E-state index contributed by atoms with van der Waals surface area (Å²) in [4.78, 5) is 50.6. The minimum absolute atomic E-state index is 0.0394. The van der Waals surface area contributed by atoms with E-state index in [0.29, 0.717) is 0 Å². The second-order valence-electron chi connectivity index (χ2n) is 6.31. The number of carbonyl (C=O) groups excluding carboxylic acids is 1. The fraction of sp³-hybridized carbons (Fsp3) is 0.538. The SMILES string of the molecule is Cn1c(=O)c2nc([N+](=O)[O-])n(CC(=O)C(C)(C)C)c2n(C)c1=O. The first-order valence-corrected chi connectivity index (χ1v) is 6.80. The highest BCUT2D eigenvalue weighted by atomic mass is 16.6. The molecule has 0 amide bonds. The number of hydrogen-bond donors (Lipinski definition) is 0. The average molecular weight is 323 g/mol. The Morgan fingerprint density at radius 1 is 1.22 bits per heavy atom. The van der Waals surface area contributed by atoms with Gasteiger partial charge in [0.05, 0.1) is 0 Å². The zero-order valence-corrected chi connectivity index (χ0v) is 13.5. The lowest BCUT2D eigenvalue weighted by atomic mass is 9.91. The van der Waals surface area contributed by atoms with Gasteiger partial charge < -0.3 is 10.1 Å². The quantitative estimate of drug-likeness (QED) is 0.577. The fourth-order valence-corrected chi connectivity index (χ4v) is 2.14. The number of hydrogen-bond acceptors (Lipinski definition) is 6. The number of ketones is 1. The summed E-state index contributed by atoms with van der Waals surface area (Å²) in [5.41, 5.74) is -2.39. The van der Waals surface area contributed by atoms with E-state index in [1.165, 1.54) is 14.1 Å². The van der Waals surface area contributed by atoms with Crippen molar-refractivity contribution in [2.24, 2.45) is 19.5 Å². The Balaban J connectivity index is 2.89. The molecule has 0 N–H and O–H groups in total. The molecule has 0 aliphatic carbocycles. The van der Waals surface area contributed by atoms with Gasteiger partial charge in [-0.2, -0.15) is 4.57 Å². The minimum atomic E-state index is -0.778. The van der Waals surface area contributed by atoms with Gasteiger partial charge in [-0.05, 0) is 4.92 Å². The van der Waals surface area contributed by atoms with Crippen LogP contribution in [0.3, 0.4) is 0 Å². The standard InChI is InChI=1S/C13H17N5O5/c1-13(2,3)7(19)6-17-9-8(14-11(17)18(22)23)10(20)16(5)12(21)15(9)4/h6H2,1-5H3. The molecule has 0 aliphatic heterocycles. The zero-order valence-electron chi connectivity index (χ0n) is 13.5. The summed E-state index contributed by atoms with van der Waals surface area (Å²) >= 11 is 0. The van der Waals surface area contributed by atoms with Crippen LogP contribution in [0.5, 0.6) is 0 Å². The maximum Gasteiger partial charge on any atom is 0.437 e. The van der Waals surface area contributed by atoms with E-state index in [2.05, 4.69) is 4.98 Å². The highest BCUT2D eigenvalue weighted by molar-refractivity contribution is 5.85. The van der Waals surface area contributed by atoms with Crippen molar-refractivity contribution in [2.45, 2.75) is 27.3 Å². The number of carbonyl (C=O) groups is 1. The Labute approximate surface area is 130 Å². The topological polar surface area (TPSA) is 122 Å². The molecular formula is C13H17N5O5. The molecule has 2 heterocycles. The first-order valence-electron chi connectivity index (χ1n) is 6.80. The van der Waals surface area contributed by atoms with Gasteiger partial charge in [-0.1, -0.05) is 25.8 Å². The number of Topliss-reactive ketones (excluding diaryl/α,β-unsaturated/α-hetero) is 1. The summed E-state index contributed by atoms with van der Waals surface area (Å²) < 4.78 is 2.90. The lowest BCUT2D eigenvalue weighted by Crippen LogP contribution is -2.37. The Bertz CT molecular complexity index is 941. The van der Waals surface area contributed by atoms with Gasteiger partial charge in [0.25, 0.3) is 5.52 Å². The van der Waals surface area contributed by atoms with Crippen LogP contribution in [0.4, 0.5) is 5.95 Å². The van der Waals surface area contributed by atoms with Crippen molar-refractivity contribution < 1.29 is 9.72 Å². The molecule has 0 saturated carbocycles. The molecule has 10 heteroatoms. The molecule has 23 heavy (non-hydrogen) atoms. The molecule has 0 aromatic carbocycles. The number of rotatable bonds is 3. The van der Waals surface area contributed by atoms with Crippen LogP contribution in [-0.2, 0) is 25.4 Å². The fourth-order valence-electron chi connectivity index (χ4n) is 2.14. The minimum Gasteiger partial charge on any atom is -0.390 e. The summed E-state index contributed by atoms with van der Waals surface area (Å²) in [5.74, 6) is -0.927. The van der Waals surface area contributed by atoms with E-state index >= 15 is 0 Å². The van der Waals surface area contributed by atoms with E-state index in [1.54, 1.807) is 20.8 Å². The Morgan fingerprint density at radius 2 is 1.78 bits per heavy atom. The Kier molecular flexibility index (Phi) is 3.71. The molecule has 2 aromatic rings. The van der Waals surface area contributed by atoms with Gasteiger partial charge in [0, 0.05) is 19.5 Å². The summed E-state index contributed by atoms with van der Waals surface area (Å²) in [5, 5.41) is 11.2. The normalized spacial score (nSPS) is 11.9. The highest BCUT2D eigenvalue weighted by Crippen LogP contribution is 2.22. The smallest absolute Gasteiger partial charge is 0.390 e. The van der Waals surface area contributed by atoms with E-state index in [9.17, 15) is 24.5 Å². The lowest BCUT2D eigenvalue weighted by Gasteiger charge is -2.16. The van der Waals surface area contributed by atoms with Crippen molar-refractivity contribution >= 4 is 22.9 Å². The highest BCUT2D eigenvalue weighted by Gasteiger charge is 2.32. The molecule has 2 rings (SSSR count). The van der Waals surface area contributed by atoms with Gasteiger partial charge in [0.2, 0.25) is 5.65 Å². The predicted octanol–water partition coefficient (Wildman–Crippen LogP) is -0.0429. The number of aromatic nitrogens is 4. The second-order valence-corrected chi connectivity index (χ2v) is 6.31. The van der Waals surface area contributed by atoms with Crippen molar-refractivity contribution in [1.29, 1.82) is 0 Å². The van der Waals surface area contributed by atoms with E-state index in [4.69, 9.17) is 0 Å². The first-order chi connectivity index (χ1) is 10.5. The number of nitro groups is 1. The van der Waals surface area contributed by atoms with Crippen LogP contribution in [0.25, 0.3) is 11.2 Å². The first kappa shape index (κ1) is 16.6. The molecule has 0 spiro atoms. The van der Waals surface area contributed by atoms with Crippen molar-refractivity contribution in [1.82, 2.24) is 18.7 Å². The molecule has 124 valence electrons. The maximum atomic E-state index is 12.3. The number of aryl methyl sites for hydroxylation is 1. The number of fused-ring (bicyclic) bond motifs is 1. The van der Waals surface area contributed by atoms with E-state index in [0.717, 1.165) is 13.7 Å². The zero-order chi connectivity index (χ0) is 17.7.